The number of carbonyl (C=O) groups is 1. The summed E-state index contributed by atoms with van der Waals surface area (Å²) in [7, 11) is 0. The molecule has 4 heteroatoms. The van der Waals surface area contributed by atoms with E-state index in [-0.39, 0.29) is 5.91 Å². The van der Waals surface area contributed by atoms with Crippen molar-refractivity contribution in [2.45, 2.75) is 51.0 Å². The number of piperidine rings is 1. The van der Waals surface area contributed by atoms with Gasteiger partial charge < -0.3 is 16.0 Å². The number of likely N-dealkylation sites (tertiary alicyclic amines) is 1. The number of nitrogens with zero attached hydrogens (tertiary/aromatic N) is 1. The fourth-order valence-electron chi connectivity index (χ4n) is 2.75. The smallest absolute Gasteiger partial charge is 0.240 e. The van der Waals surface area contributed by atoms with Gasteiger partial charge in [-0.05, 0) is 64.1 Å². The van der Waals surface area contributed by atoms with Crippen molar-refractivity contribution in [3.8, 4) is 0 Å². The van der Waals surface area contributed by atoms with E-state index < -0.39 is 5.54 Å². The van der Waals surface area contributed by atoms with E-state index in [1.165, 1.54) is 25.9 Å². The third-order valence-corrected chi connectivity index (χ3v) is 4.51. The van der Waals surface area contributed by atoms with Gasteiger partial charge in [-0.15, -0.1) is 0 Å². The van der Waals surface area contributed by atoms with Gasteiger partial charge in [0, 0.05) is 6.54 Å². The van der Waals surface area contributed by atoms with Crippen LogP contribution in [0.15, 0.2) is 0 Å². The summed E-state index contributed by atoms with van der Waals surface area (Å²) in [6.07, 6.45) is 6.47. The van der Waals surface area contributed by atoms with Crippen molar-refractivity contribution < 1.29 is 4.79 Å². The number of amides is 1. The molecule has 0 unspecified atom stereocenters. The average molecular weight is 253 g/mol. The first-order valence-corrected chi connectivity index (χ1v) is 7.40. The molecule has 0 aromatic rings. The molecule has 3 N–H and O–H groups in total. The van der Waals surface area contributed by atoms with Crippen LogP contribution >= 0.6 is 0 Å². The summed E-state index contributed by atoms with van der Waals surface area (Å²) in [6.45, 7) is 6.64. The molecule has 1 aliphatic carbocycles. The van der Waals surface area contributed by atoms with Gasteiger partial charge in [-0.2, -0.15) is 0 Å². The van der Waals surface area contributed by atoms with Gasteiger partial charge in [0.1, 0.15) is 0 Å². The molecule has 1 aliphatic heterocycles. The molecule has 0 atom stereocenters. The zero-order valence-electron chi connectivity index (χ0n) is 11.6. The summed E-state index contributed by atoms with van der Waals surface area (Å²) in [6, 6.07) is 0. The maximum absolute atomic E-state index is 11.8. The van der Waals surface area contributed by atoms with Crippen LogP contribution in [0.25, 0.3) is 0 Å². The summed E-state index contributed by atoms with van der Waals surface area (Å²) in [5.41, 5.74) is 5.42. The Morgan fingerprint density at radius 1 is 1.39 bits per heavy atom. The first-order chi connectivity index (χ1) is 8.60. The van der Waals surface area contributed by atoms with Gasteiger partial charge in [0.15, 0.2) is 0 Å². The van der Waals surface area contributed by atoms with Crippen LogP contribution in [0.2, 0.25) is 0 Å². The predicted octanol–water partition coefficient (Wildman–Crippen LogP) is 1.11. The highest BCUT2D eigenvalue weighted by Crippen LogP contribution is 2.28. The SMILES string of the molecule is CC1CCN(CCCNC(=O)C2(N)CCC2)CC1. The minimum absolute atomic E-state index is 0.0565. The molecule has 1 saturated heterocycles. The molecule has 4 nitrogen and oxygen atoms in total. The Morgan fingerprint density at radius 3 is 2.61 bits per heavy atom. The van der Waals surface area contributed by atoms with Crippen molar-refractivity contribution in [1.82, 2.24) is 10.2 Å². The molecule has 2 rings (SSSR count). The zero-order valence-corrected chi connectivity index (χ0v) is 11.6. The van der Waals surface area contributed by atoms with Crippen LogP contribution in [0.5, 0.6) is 0 Å². The maximum atomic E-state index is 11.8. The van der Waals surface area contributed by atoms with Crippen LogP contribution in [-0.4, -0.2) is 42.5 Å². The Kier molecular flexibility index (Phi) is 4.62. The monoisotopic (exact) mass is 253 g/mol. The fourth-order valence-corrected chi connectivity index (χ4v) is 2.75. The zero-order chi connectivity index (χ0) is 13.0. The highest BCUT2D eigenvalue weighted by Gasteiger charge is 2.39. The molecule has 2 fully saturated rings. The summed E-state index contributed by atoms with van der Waals surface area (Å²) in [5, 5.41) is 2.98. The van der Waals surface area contributed by atoms with Crippen LogP contribution in [0.1, 0.15) is 45.4 Å². The minimum Gasteiger partial charge on any atom is -0.354 e. The highest BCUT2D eigenvalue weighted by molar-refractivity contribution is 5.86. The molecule has 0 bridgehead atoms. The van der Waals surface area contributed by atoms with Crippen molar-refractivity contribution in [3.05, 3.63) is 0 Å². The van der Waals surface area contributed by atoms with E-state index >= 15 is 0 Å². The van der Waals surface area contributed by atoms with Gasteiger partial charge in [-0.3, -0.25) is 4.79 Å². The van der Waals surface area contributed by atoms with Gasteiger partial charge >= 0.3 is 0 Å². The standard InChI is InChI=1S/C14H27N3O/c1-12-4-10-17(11-5-12)9-3-8-16-13(18)14(15)6-2-7-14/h12H,2-11,15H2,1H3,(H,16,18). The van der Waals surface area contributed by atoms with Gasteiger partial charge in [0.05, 0.1) is 5.54 Å². The molecule has 1 amide bonds. The molecular weight excluding hydrogens is 226 g/mol. The number of hydrogen-bond donors (Lipinski definition) is 2. The number of nitrogens with two attached hydrogens (primary N) is 1. The topological polar surface area (TPSA) is 58.4 Å². The predicted molar refractivity (Wildman–Crippen MR) is 73.2 cm³/mol. The van der Waals surface area contributed by atoms with Crippen molar-refractivity contribution >= 4 is 5.91 Å². The fraction of sp³-hybridized carbons (Fsp3) is 0.929. The third-order valence-electron chi connectivity index (χ3n) is 4.51. The Balaban J connectivity index is 1.54. The molecule has 0 aromatic heterocycles. The van der Waals surface area contributed by atoms with Crippen LogP contribution in [0, 0.1) is 5.92 Å². The third kappa shape index (κ3) is 3.45. The molecule has 104 valence electrons. The van der Waals surface area contributed by atoms with Crippen LogP contribution in [0.3, 0.4) is 0 Å². The minimum atomic E-state index is -0.541. The second-order valence-electron chi connectivity index (χ2n) is 6.14. The molecule has 0 radical (unpaired) electrons. The number of rotatable bonds is 5. The average Bonchev–Trinajstić information content (AvgIpc) is 2.33. The van der Waals surface area contributed by atoms with E-state index in [1.54, 1.807) is 0 Å². The Morgan fingerprint density at radius 2 is 2.06 bits per heavy atom. The van der Waals surface area contributed by atoms with Gasteiger partial charge in [-0.1, -0.05) is 6.92 Å². The second-order valence-corrected chi connectivity index (χ2v) is 6.14. The van der Waals surface area contributed by atoms with Crippen molar-refractivity contribution in [1.29, 1.82) is 0 Å². The van der Waals surface area contributed by atoms with E-state index in [1.807, 2.05) is 0 Å². The van der Waals surface area contributed by atoms with Gasteiger partial charge in [0.2, 0.25) is 5.91 Å². The summed E-state index contributed by atoms with van der Waals surface area (Å²) >= 11 is 0. The number of hydrogen-bond acceptors (Lipinski definition) is 3. The molecule has 1 saturated carbocycles. The van der Waals surface area contributed by atoms with Gasteiger partial charge in [0.25, 0.3) is 0 Å². The quantitative estimate of drug-likeness (QED) is 0.722. The number of carbonyl (C=O) groups excluding carboxylic acids is 1. The van der Waals surface area contributed by atoms with Crippen LogP contribution in [0.4, 0.5) is 0 Å². The molecule has 0 spiro atoms. The van der Waals surface area contributed by atoms with Crippen LogP contribution < -0.4 is 11.1 Å². The van der Waals surface area contributed by atoms with E-state index in [9.17, 15) is 4.79 Å². The lowest BCUT2D eigenvalue weighted by atomic mass is 9.77. The van der Waals surface area contributed by atoms with Crippen LogP contribution in [-0.2, 0) is 4.79 Å². The summed E-state index contributed by atoms with van der Waals surface area (Å²) in [5.74, 6) is 0.942. The lowest BCUT2D eigenvalue weighted by Gasteiger charge is -2.36. The highest BCUT2D eigenvalue weighted by atomic mass is 16.2. The largest absolute Gasteiger partial charge is 0.354 e. The Labute approximate surface area is 110 Å². The maximum Gasteiger partial charge on any atom is 0.240 e. The normalized spacial score (nSPS) is 24.6. The summed E-state index contributed by atoms with van der Waals surface area (Å²) < 4.78 is 0. The van der Waals surface area contributed by atoms with E-state index in [4.69, 9.17) is 5.73 Å². The lowest BCUT2D eigenvalue weighted by molar-refractivity contribution is -0.129. The Bertz CT molecular complexity index is 281. The van der Waals surface area contributed by atoms with Crippen molar-refractivity contribution in [3.63, 3.8) is 0 Å². The Hall–Kier alpha value is -0.610. The molecule has 0 aromatic carbocycles. The lowest BCUT2D eigenvalue weighted by Crippen LogP contribution is -2.58. The van der Waals surface area contributed by atoms with E-state index in [0.717, 1.165) is 44.7 Å². The molecule has 2 aliphatic rings. The van der Waals surface area contributed by atoms with Crippen molar-refractivity contribution in [2.24, 2.45) is 11.7 Å². The first kappa shape index (κ1) is 13.8. The second kappa shape index (κ2) is 6.02. The van der Waals surface area contributed by atoms with Crippen molar-refractivity contribution in [2.75, 3.05) is 26.2 Å². The van der Waals surface area contributed by atoms with E-state index in [2.05, 4.69) is 17.1 Å². The summed E-state index contributed by atoms with van der Waals surface area (Å²) in [4.78, 5) is 14.3. The molecule has 18 heavy (non-hydrogen) atoms. The molecular formula is C14H27N3O. The first-order valence-electron chi connectivity index (χ1n) is 7.40. The van der Waals surface area contributed by atoms with Gasteiger partial charge in [-0.25, -0.2) is 0 Å². The van der Waals surface area contributed by atoms with E-state index in [0.29, 0.717) is 0 Å². The number of nitrogens with one attached hydrogen (secondary N) is 1. The molecule has 1 heterocycles.